The molecule has 7 heteroatoms. The van der Waals surface area contributed by atoms with Crippen molar-refractivity contribution < 1.29 is 4.79 Å². The smallest absolute Gasteiger partial charge is 0.266 e. The van der Waals surface area contributed by atoms with Crippen molar-refractivity contribution in [3.8, 4) is 9.88 Å². The Hall–Kier alpha value is -1.99. The van der Waals surface area contributed by atoms with Crippen LogP contribution >= 0.6 is 22.7 Å². The molecule has 5 nitrogen and oxygen atoms in total. The number of aromatic nitrogens is 3. The van der Waals surface area contributed by atoms with E-state index >= 15 is 0 Å². The van der Waals surface area contributed by atoms with Gasteiger partial charge in [0.2, 0.25) is 0 Å². The number of H-pyrrole nitrogens is 1. The van der Waals surface area contributed by atoms with Gasteiger partial charge in [0.05, 0.1) is 16.8 Å². The Morgan fingerprint density at radius 3 is 3.18 bits per heavy atom. The van der Waals surface area contributed by atoms with Gasteiger partial charge < -0.3 is 4.90 Å². The van der Waals surface area contributed by atoms with Crippen LogP contribution in [0.3, 0.4) is 0 Å². The molecule has 0 saturated carbocycles. The molecule has 0 spiro atoms. The second-order valence-corrected chi connectivity index (χ2v) is 7.21. The summed E-state index contributed by atoms with van der Waals surface area (Å²) in [5.41, 5.74) is 3.07. The number of hydrogen-bond donors (Lipinski definition) is 1. The van der Waals surface area contributed by atoms with Crippen molar-refractivity contribution in [1.82, 2.24) is 20.1 Å². The topological polar surface area (TPSA) is 61.9 Å². The Labute approximate surface area is 135 Å². The largest absolute Gasteiger partial charge is 0.333 e. The number of rotatable bonds is 2. The Balaban J connectivity index is 1.61. The van der Waals surface area contributed by atoms with Gasteiger partial charge in [0.15, 0.2) is 0 Å². The van der Waals surface area contributed by atoms with Crippen LogP contribution in [0.4, 0.5) is 0 Å². The molecule has 4 rings (SSSR count). The molecule has 3 aromatic heterocycles. The molecule has 0 unspecified atom stereocenters. The van der Waals surface area contributed by atoms with Crippen molar-refractivity contribution in [3.05, 3.63) is 45.5 Å². The van der Waals surface area contributed by atoms with Gasteiger partial charge in [-0.15, -0.1) is 22.7 Å². The maximum absolute atomic E-state index is 12.8. The van der Waals surface area contributed by atoms with Gasteiger partial charge in [0, 0.05) is 30.8 Å². The number of carbonyl (C=O) groups excluding carboxylic acids is 1. The van der Waals surface area contributed by atoms with Crippen LogP contribution in [0, 0.1) is 6.92 Å². The predicted octanol–water partition coefficient (Wildman–Crippen LogP) is 3.10. The van der Waals surface area contributed by atoms with Crippen molar-refractivity contribution >= 4 is 28.6 Å². The number of fused-ring (bicyclic) bond motifs is 1. The molecule has 4 heterocycles. The zero-order valence-corrected chi connectivity index (χ0v) is 13.6. The zero-order valence-electron chi connectivity index (χ0n) is 12.0. The molecule has 0 saturated heterocycles. The second-order valence-electron chi connectivity index (χ2n) is 5.26. The van der Waals surface area contributed by atoms with Crippen LogP contribution < -0.4 is 0 Å². The third-order valence-electron chi connectivity index (χ3n) is 3.81. The van der Waals surface area contributed by atoms with Crippen LogP contribution in [0.5, 0.6) is 0 Å². The van der Waals surface area contributed by atoms with E-state index in [4.69, 9.17) is 0 Å². The Bertz CT molecular complexity index is 819. The van der Waals surface area contributed by atoms with Crippen molar-refractivity contribution in [2.24, 2.45) is 0 Å². The number of thiazole rings is 1. The minimum absolute atomic E-state index is 0.0738. The van der Waals surface area contributed by atoms with E-state index in [1.54, 1.807) is 11.3 Å². The van der Waals surface area contributed by atoms with E-state index in [-0.39, 0.29) is 5.91 Å². The first-order chi connectivity index (χ1) is 10.7. The van der Waals surface area contributed by atoms with E-state index in [1.807, 2.05) is 35.5 Å². The number of amides is 1. The summed E-state index contributed by atoms with van der Waals surface area (Å²) in [6.45, 7) is 3.25. The molecule has 0 bridgehead atoms. The fourth-order valence-corrected chi connectivity index (χ4v) is 4.47. The van der Waals surface area contributed by atoms with E-state index < -0.39 is 0 Å². The Kier molecular flexibility index (Phi) is 3.31. The van der Waals surface area contributed by atoms with Crippen LogP contribution in [0.1, 0.15) is 26.6 Å². The minimum Gasteiger partial charge on any atom is -0.333 e. The number of hydrogen-bond acceptors (Lipinski definition) is 5. The van der Waals surface area contributed by atoms with Crippen molar-refractivity contribution in [1.29, 1.82) is 0 Å². The fourth-order valence-electron chi connectivity index (χ4n) is 2.64. The quantitative estimate of drug-likeness (QED) is 0.785. The molecule has 1 aliphatic heterocycles. The van der Waals surface area contributed by atoms with Gasteiger partial charge in [0.1, 0.15) is 9.88 Å². The highest BCUT2D eigenvalue weighted by atomic mass is 32.1. The maximum atomic E-state index is 12.8. The molecule has 0 aromatic carbocycles. The van der Waals surface area contributed by atoms with Crippen LogP contribution in [0.15, 0.2) is 23.7 Å². The molecular weight excluding hydrogens is 316 g/mol. The van der Waals surface area contributed by atoms with Crippen molar-refractivity contribution in [2.45, 2.75) is 19.9 Å². The van der Waals surface area contributed by atoms with E-state index in [1.165, 1.54) is 11.3 Å². The fraction of sp³-hybridized carbons (Fsp3) is 0.267. The first-order valence-corrected chi connectivity index (χ1v) is 8.73. The van der Waals surface area contributed by atoms with Gasteiger partial charge in [-0.1, -0.05) is 6.07 Å². The molecule has 1 N–H and O–H groups in total. The third kappa shape index (κ3) is 2.26. The van der Waals surface area contributed by atoms with E-state index in [0.29, 0.717) is 6.54 Å². The molecule has 0 atom stereocenters. The monoisotopic (exact) mass is 330 g/mol. The van der Waals surface area contributed by atoms with E-state index in [2.05, 4.69) is 15.2 Å². The van der Waals surface area contributed by atoms with Crippen molar-refractivity contribution in [3.63, 3.8) is 0 Å². The molecule has 1 amide bonds. The maximum Gasteiger partial charge on any atom is 0.266 e. The van der Waals surface area contributed by atoms with E-state index in [0.717, 1.165) is 44.7 Å². The average molecular weight is 330 g/mol. The number of aryl methyl sites for hydroxylation is 1. The summed E-state index contributed by atoms with van der Waals surface area (Å²) in [7, 11) is 0. The molecule has 0 radical (unpaired) electrons. The normalized spacial score (nSPS) is 14.1. The second kappa shape index (κ2) is 5.33. The van der Waals surface area contributed by atoms with Crippen LogP contribution in [0.25, 0.3) is 9.88 Å². The van der Waals surface area contributed by atoms with Gasteiger partial charge >= 0.3 is 0 Å². The van der Waals surface area contributed by atoms with Gasteiger partial charge in [-0.3, -0.25) is 9.89 Å². The third-order valence-corrected chi connectivity index (χ3v) is 5.99. The molecule has 0 aliphatic carbocycles. The Morgan fingerprint density at radius 1 is 1.45 bits per heavy atom. The highest BCUT2D eigenvalue weighted by molar-refractivity contribution is 7.22. The standard InChI is InChI=1S/C15H14N4OS2/c1-9-13(22-14(17-9)12-3-2-6-21-12)15(20)19-5-4-11-10(8-19)7-16-18-11/h2-3,6-7H,4-5,8H2,1H3,(H,16,18). The summed E-state index contributed by atoms with van der Waals surface area (Å²) in [6.07, 6.45) is 2.64. The van der Waals surface area contributed by atoms with Gasteiger partial charge in [-0.05, 0) is 18.4 Å². The van der Waals surface area contributed by atoms with Crippen LogP contribution in [-0.2, 0) is 13.0 Å². The highest BCUT2D eigenvalue weighted by Crippen LogP contribution is 2.32. The molecular formula is C15H14N4OS2. The number of aromatic amines is 1. The summed E-state index contributed by atoms with van der Waals surface area (Å²) >= 11 is 3.13. The lowest BCUT2D eigenvalue weighted by Gasteiger charge is -2.26. The molecule has 0 fully saturated rings. The van der Waals surface area contributed by atoms with Crippen LogP contribution in [-0.4, -0.2) is 32.5 Å². The lowest BCUT2D eigenvalue weighted by molar-refractivity contribution is 0.0738. The molecule has 3 aromatic rings. The van der Waals surface area contributed by atoms with Crippen LogP contribution in [0.2, 0.25) is 0 Å². The Morgan fingerprint density at radius 2 is 2.36 bits per heavy atom. The van der Waals surface area contributed by atoms with Gasteiger partial charge in [0.25, 0.3) is 5.91 Å². The highest BCUT2D eigenvalue weighted by Gasteiger charge is 2.26. The summed E-state index contributed by atoms with van der Waals surface area (Å²) in [5.74, 6) is 0.0738. The lowest BCUT2D eigenvalue weighted by atomic mass is 10.1. The van der Waals surface area contributed by atoms with Gasteiger partial charge in [-0.2, -0.15) is 5.10 Å². The summed E-state index contributed by atoms with van der Waals surface area (Å²) in [6, 6.07) is 4.04. The summed E-state index contributed by atoms with van der Waals surface area (Å²) < 4.78 is 0. The van der Waals surface area contributed by atoms with Gasteiger partial charge in [-0.25, -0.2) is 4.98 Å². The number of nitrogens with zero attached hydrogens (tertiary/aromatic N) is 3. The van der Waals surface area contributed by atoms with E-state index in [9.17, 15) is 4.79 Å². The molecule has 1 aliphatic rings. The SMILES string of the molecule is Cc1nc(-c2cccs2)sc1C(=O)N1CCc2[nH]ncc2C1. The summed E-state index contributed by atoms with van der Waals surface area (Å²) in [5, 5.41) is 10.0. The first-order valence-electron chi connectivity index (χ1n) is 7.04. The minimum atomic E-state index is 0.0738. The number of nitrogens with one attached hydrogen (secondary N) is 1. The molecule has 22 heavy (non-hydrogen) atoms. The first kappa shape index (κ1) is 13.7. The zero-order chi connectivity index (χ0) is 15.1. The number of carbonyl (C=O) groups is 1. The predicted molar refractivity (Wildman–Crippen MR) is 87.2 cm³/mol. The van der Waals surface area contributed by atoms with Crippen molar-refractivity contribution in [2.75, 3.05) is 6.54 Å². The average Bonchev–Trinajstić information content (AvgIpc) is 3.25. The summed E-state index contributed by atoms with van der Waals surface area (Å²) in [4.78, 5) is 21.1. The molecule has 112 valence electrons. The number of thiophene rings is 1. The lowest BCUT2D eigenvalue weighted by Crippen LogP contribution is -2.35.